The maximum absolute atomic E-state index is 11.2. The third kappa shape index (κ3) is 2.18. The molecule has 0 fully saturated rings. The second kappa shape index (κ2) is 3.92. The van der Waals surface area contributed by atoms with Crippen LogP contribution in [0.25, 0.3) is 0 Å². The summed E-state index contributed by atoms with van der Waals surface area (Å²) >= 11 is 0. The molecule has 86 valence electrons. The van der Waals surface area contributed by atoms with Gasteiger partial charge in [-0.1, -0.05) is 6.08 Å². The number of allylic oxidation sites excluding steroid dienone is 2. The molecule has 0 saturated heterocycles. The molecule has 1 atom stereocenters. The molecule has 0 amide bonds. The molecule has 0 spiro atoms. The molecule has 0 bridgehead atoms. The Morgan fingerprint density at radius 1 is 1.31 bits per heavy atom. The van der Waals surface area contributed by atoms with Crippen LogP contribution in [-0.4, -0.2) is 27.9 Å². The molecule has 0 aromatic rings. The summed E-state index contributed by atoms with van der Waals surface area (Å²) in [5.41, 5.74) is -1.25. The standard InChI is InChI=1S/C11H12O5/c1-6(12)7-3-8(9(13)14)5-11(2,4-7)10(15)16/h3-4H,5H2,1-2H3,(H,13,14)(H,15,16). The summed E-state index contributed by atoms with van der Waals surface area (Å²) in [6.07, 6.45) is 2.42. The highest BCUT2D eigenvalue weighted by molar-refractivity contribution is 6.01. The Labute approximate surface area is 92.1 Å². The number of rotatable bonds is 3. The average molecular weight is 224 g/mol. The number of ketones is 1. The van der Waals surface area contributed by atoms with Crippen LogP contribution in [0.1, 0.15) is 20.3 Å². The first-order chi connectivity index (χ1) is 7.26. The zero-order valence-corrected chi connectivity index (χ0v) is 8.98. The second-order valence-electron chi connectivity index (χ2n) is 4.03. The molecule has 0 aromatic heterocycles. The fraction of sp³-hybridized carbons (Fsp3) is 0.364. The smallest absolute Gasteiger partial charge is 0.331 e. The van der Waals surface area contributed by atoms with Crippen LogP contribution in [0.2, 0.25) is 0 Å². The minimum Gasteiger partial charge on any atom is -0.481 e. The van der Waals surface area contributed by atoms with Crippen LogP contribution in [0.5, 0.6) is 0 Å². The normalized spacial score (nSPS) is 24.4. The zero-order valence-electron chi connectivity index (χ0n) is 8.98. The summed E-state index contributed by atoms with van der Waals surface area (Å²) in [4.78, 5) is 33.0. The molecule has 1 unspecified atom stereocenters. The van der Waals surface area contributed by atoms with Gasteiger partial charge in [0.05, 0.1) is 5.41 Å². The van der Waals surface area contributed by atoms with Gasteiger partial charge in [-0.05, 0) is 26.3 Å². The number of carbonyl (C=O) groups excluding carboxylic acids is 1. The Kier molecular flexibility index (Phi) is 2.98. The van der Waals surface area contributed by atoms with Gasteiger partial charge in [-0.2, -0.15) is 0 Å². The molecule has 0 heterocycles. The molecule has 5 nitrogen and oxygen atoms in total. The molecule has 2 N–H and O–H groups in total. The highest BCUT2D eigenvalue weighted by Crippen LogP contribution is 2.34. The third-order valence-electron chi connectivity index (χ3n) is 2.53. The number of aliphatic carboxylic acids is 2. The van der Waals surface area contributed by atoms with E-state index in [9.17, 15) is 14.4 Å². The highest BCUT2D eigenvalue weighted by Gasteiger charge is 2.37. The van der Waals surface area contributed by atoms with Gasteiger partial charge < -0.3 is 10.2 Å². The fourth-order valence-electron chi connectivity index (χ4n) is 1.55. The Bertz CT molecular complexity index is 430. The lowest BCUT2D eigenvalue weighted by Crippen LogP contribution is -2.30. The number of carboxylic acid groups (broad SMARTS) is 2. The van der Waals surface area contributed by atoms with Gasteiger partial charge in [0.1, 0.15) is 0 Å². The molecule has 1 aliphatic rings. The summed E-state index contributed by atoms with van der Waals surface area (Å²) in [5.74, 6) is -2.68. The van der Waals surface area contributed by atoms with Gasteiger partial charge in [0.15, 0.2) is 5.78 Å². The molecule has 0 aromatic carbocycles. The highest BCUT2D eigenvalue weighted by atomic mass is 16.4. The van der Waals surface area contributed by atoms with E-state index in [1.807, 2.05) is 0 Å². The first kappa shape index (κ1) is 12.2. The molecule has 1 aliphatic carbocycles. The summed E-state index contributed by atoms with van der Waals surface area (Å²) in [6, 6.07) is 0. The number of Topliss-reactive ketones (excluding diaryl/α,β-unsaturated/α-hetero) is 1. The van der Waals surface area contributed by atoms with Crippen molar-refractivity contribution in [3.05, 3.63) is 23.3 Å². The maximum atomic E-state index is 11.2. The van der Waals surface area contributed by atoms with Crippen molar-refractivity contribution in [1.82, 2.24) is 0 Å². The monoisotopic (exact) mass is 224 g/mol. The van der Waals surface area contributed by atoms with Crippen molar-refractivity contribution in [3.8, 4) is 0 Å². The van der Waals surface area contributed by atoms with Crippen LogP contribution in [0.4, 0.5) is 0 Å². The van der Waals surface area contributed by atoms with Crippen molar-refractivity contribution < 1.29 is 24.6 Å². The van der Waals surface area contributed by atoms with Crippen molar-refractivity contribution in [2.75, 3.05) is 0 Å². The van der Waals surface area contributed by atoms with Crippen LogP contribution in [0.3, 0.4) is 0 Å². The van der Waals surface area contributed by atoms with Gasteiger partial charge in [0, 0.05) is 11.1 Å². The largest absolute Gasteiger partial charge is 0.481 e. The number of hydrogen-bond acceptors (Lipinski definition) is 3. The molecular weight excluding hydrogens is 212 g/mol. The molecule has 16 heavy (non-hydrogen) atoms. The van der Waals surface area contributed by atoms with Gasteiger partial charge in [-0.3, -0.25) is 9.59 Å². The van der Waals surface area contributed by atoms with Gasteiger partial charge >= 0.3 is 11.9 Å². The van der Waals surface area contributed by atoms with Gasteiger partial charge in [-0.25, -0.2) is 4.79 Å². The topological polar surface area (TPSA) is 91.7 Å². The van der Waals surface area contributed by atoms with E-state index in [1.165, 1.54) is 26.0 Å². The van der Waals surface area contributed by atoms with Crippen molar-refractivity contribution in [1.29, 1.82) is 0 Å². The summed E-state index contributed by atoms with van der Waals surface area (Å²) in [6.45, 7) is 2.67. The van der Waals surface area contributed by atoms with Crippen molar-refractivity contribution in [3.63, 3.8) is 0 Å². The second-order valence-corrected chi connectivity index (χ2v) is 4.03. The first-order valence-electron chi connectivity index (χ1n) is 4.67. The lowest BCUT2D eigenvalue weighted by Gasteiger charge is -2.25. The first-order valence-corrected chi connectivity index (χ1v) is 4.67. The minimum atomic E-state index is -1.33. The molecule has 1 rings (SSSR count). The molecule has 0 aliphatic heterocycles. The van der Waals surface area contributed by atoms with E-state index in [0.29, 0.717) is 0 Å². The summed E-state index contributed by atoms with van der Waals surface area (Å²) in [7, 11) is 0. The van der Waals surface area contributed by atoms with E-state index in [4.69, 9.17) is 10.2 Å². The van der Waals surface area contributed by atoms with Crippen LogP contribution < -0.4 is 0 Å². The molecule has 5 heteroatoms. The maximum Gasteiger partial charge on any atom is 0.331 e. The summed E-state index contributed by atoms with van der Waals surface area (Å²) in [5, 5.41) is 17.9. The van der Waals surface area contributed by atoms with Crippen molar-refractivity contribution >= 4 is 17.7 Å². The Hall–Kier alpha value is -1.91. The predicted octanol–water partition coefficient (Wildman–Crippen LogP) is 1.01. The quantitative estimate of drug-likeness (QED) is 0.746. The van der Waals surface area contributed by atoms with Gasteiger partial charge in [0.25, 0.3) is 0 Å². The number of carboxylic acids is 2. The van der Waals surface area contributed by atoms with E-state index >= 15 is 0 Å². The predicted molar refractivity (Wildman–Crippen MR) is 54.8 cm³/mol. The van der Waals surface area contributed by atoms with Crippen LogP contribution >= 0.6 is 0 Å². The van der Waals surface area contributed by atoms with Gasteiger partial charge in [0.2, 0.25) is 0 Å². The third-order valence-corrected chi connectivity index (χ3v) is 2.53. The lowest BCUT2D eigenvalue weighted by molar-refractivity contribution is -0.145. The Morgan fingerprint density at radius 2 is 1.88 bits per heavy atom. The Balaban J connectivity index is 3.25. The van der Waals surface area contributed by atoms with Crippen LogP contribution in [-0.2, 0) is 14.4 Å². The minimum absolute atomic E-state index is 0.0578. The van der Waals surface area contributed by atoms with E-state index in [-0.39, 0.29) is 23.4 Å². The van der Waals surface area contributed by atoms with E-state index in [2.05, 4.69) is 0 Å². The van der Waals surface area contributed by atoms with Crippen LogP contribution in [0, 0.1) is 5.41 Å². The SMILES string of the molecule is CC(=O)C1=CC(C)(C(=O)O)CC(C(=O)O)=C1. The van der Waals surface area contributed by atoms with Crippen molar-refractivity contribution in [2.45, 2.75) is 20.3 Å². The average Bonchev–Trinajstić information content (AvgIpc) is 2.16. The molecule has 0 radical (unpaired) electrons. The lowest BCUT2D eigenvalue weighted by atomic mass is 9.77. The molecule has 0 saturated carbocycles. The zero-order chi connectivity index (χ0) is 12.5. The fourth-order valence-corrected chi connectivity index (χ4v) is 1.55. The van der Waals surface area contributed by atoms with Crippen molar-refractivity contribution in [2.24, 2.45) is 5.41 Å². The summed E-state index contributed by atoms with van der Waals surface area (Å²) < 4.78 is 0. The number of carbonyl (C=O) groups is 3. The number of hydrogen-bond donors (Lipinski definition) is 2. The Morgan fingerprint density at radius 3 is 2.25 bits per heavy atom. The van der Waals surface area contributed by atoms with Gasteiger partial charge in [-0.15, -0.1) is 0 Å². The van der Waals surface area contributed by atoms with E-state index < -0.39 is 17.4 Å². The molecular formula is C11H12O5. The van der Waals surface area contributed by atoms with Crippen LogP contribution in [0.15, 0.2) is 23.3 Å². The van der Waals surface area contributed by atoms with E-state index in [0.717, 1.165) is 0 Å². The van der Waals surface area contributed by atoms with E-state index in [1.54, 1.807) is 0 Å².